The standard InChI is InChI=1S/C22H24N4O2S/c1-15-4-3-5-16(2)21(15)24-20(27)13-25-8-10-26(11-9-25)22(28)17-6-7-18-19(12-17)29-14-23-18/h3-7,12,14H,8-11,13H2,1-2H3,(H,24,27). The molecule has 0 bridgehead atoms. The van der Waals surface area contributed by atoms with Crippen LogP contribution in [0.25, 0.3) is 10.2 Å². The van der Waals surface area contributed by atoms with E-state index in [1.54, 1.807) is 16.8 Å². The van der Waals surface area contributed by atoms with Crippen molar-refractivity contribution in [3.63, 3.8) is 0 Å². The molecular formula is C22H24N4O2S. The second kappa shape index (κ2) is 8.31. The molecule has 1 fully saturated rings. The Hall–Kier alpha value is -2.77. The number of amides is 2. The van der Waals surface area contributed by atoms with Gasteiger partial charge in [-0.25, -0.2) is 4.98 Å². The van der Waals surface area contributed by atoms with Crippen molar-refractivity contribution in [2.24, 2.45) is 0 Å². The van der Waals surface area contributed by atoms with E-state index < -0.39 is 0 Å². The number of anilines is 1. The third-order valence-electron chi connectivity index (χ3n) is 5.35. The Morgan fingerprint density at radius 1 is 1.07 bits per heavy atom. The first-order valence-corrected chi connectivity index (χ1v) is 10.6. The molecule has 0 aliphatic carbocycles. The number of carbonyl (C=O) groups excluding carboxylic acids is 2. The van der Waals surface area contributed by atoms with E-state index in [2.05, 4.69) is 15.2 Å². The van der Waals surface area contributed by atoms with E-state index in [9.17, 15) is 9.59 Å². The van der Waals surface area contributed by atoms with Gasteiger partial charge in [-0.15, -0.1) is 11.3 Å². The highest BCUT2D eigenvalue weighted by Crippen LogP contribution is 2.21. The maximum atomic E-state index is 12.8. The molecule has 0 saturated carbocycles. The zero-order chi connectivity index (χ0) is 20.4. The Kier molecular flexibility index (Phi) is 5.60. The predicted octanol–water partition coefficient (Wildman–Crippen LogP) is 3.31. The number of benzene rings is 2. The van der Waals surface area contributed by atoms with Crippen molar-refractivity contribution in [2.75, 3.05) is 38.0 Å². The number of rotatable bonds is 4. The SMILES string of the molecule is Cc1cccc(C)c1NC(=O)CN1CCN(C(=O)c2ccc3ncsc3c2)CC1. The lowest BCUT2D eigenvalue weighted by molar-refractivity contribution is -0.117. The molecule has 3 aromatic rings. The lowest BCUT2D eigenvalue weighted by Gasteiger charge is -2.34. The summed E-state index contributed by atoms with van der Waals surface area (Å²) < 4.78 is 1.03. The van der Waals surface area contributed by atoms with Gasteiger partial charge in [0.2, 0.25) is 5.91 Å². The van der Waals surface area contributed by atoms with E-state index in [0.29, 0.717) is 38.3 Å². The fourth-order valence-electron chi connectivity index (χ4n) is 3.67. The molecule has 1 N–H and O–H groups in total. The predicted molar refractivity (Wildman–Crippen MR) is 117 cm³/mol. The Bertz CT molecular complexity index is 1030. The molecule has 29 heavy (non-hydrogen) atoms. The van der Waals surface area contributed by atoms with Crippen LogP contribution in [0.5, 0.6) is 0 Å². The zero-order valence-corrected chi connectivity index (χ0v) is 17.5. The Balaban J connectivity index is 1.32. The molecule has 0 atom stereocenters. The van der Waals surface area contributed by atoms with Gasteiger partial charge in [-0.1, -0.05) is 18.2 Å². The molecule has 0 radical (unpaired) electrons. The van der Waals surface area contributed by atoms with Crippen LogP contribution in [0.4, 0.5) is 5.69 Å². The molecule has 1 aliphatic rings. The molecule has 0 spiro atoms. The first-order chi connectivity index (χ1) is 14.0. The summed E-state index contributed by atoms with van der Waals surface area (Å²) in [6.07, 6.45) is 0. The number of nitrogens with zero attached hydrogens (tertiary/aromatic N) is 3. The fraction of sp³-hybridized carbons (Fsp3) is 0.318. The van der Waals surface area contributed by atoms with Gasteiger partial charge in [0.25, 0.3) is 5.91 Å². The molecule has 1 aliphatic heterocycles. The highest BCUT2D eigenvalue weighted by Gasteiger charge is 2.24. The first-order valence-electron chi connectivity index (χ1n) is 9.72. The van der Waals surface area contributed by atoms with Gasteiger partial charge in [0.15, 0.2) is 0 Å². The van der Waals surface area contributed by atoms with Crippen LogP contribution in [-0.4, -0.2) is 59.3 Å². The Morgan fingerprint density at radius 2 is 1.79 bits per heavy atom. The largest absolute Gasteiger partial charge is 0.336 e. The highest BCUT2D eigenvalue weighted by atomic mass is 32.1. The van der Waals surface area contributed by atoms with E-state index in [1.165, 1.54) is 0 Å². The molecule has 1 saturated heterocycles. The van der Waals surface area contributed by atoms with E-state index in [-0.39, 0.29) is 11.8 Å². The van der Waals surface area contributed by atoms with Crippen molar-refractivity contribution in [1.82, 2.24) is 14.8 Å². The minimum Gasteiger partial charge on any atom is -0.336 e. The molecular weight excluding hydrogens is 384 g/mol. The summed E-state index contributed by atoms with van der Waals surface area (Å²) in [6, 6.07) is 11.6. The Morgan fingerprint density at radius 3 is 2.52 bits per heavy atom. The van der Waals surface area contributed by atoms with Crippen LogP contribution >= 0.6 is 11.3 Å². The quantitative estimate of drug-likeness (QED) is 0.719. The van der Waals surface area contributed by atoms with Crippen molar-refractivity contribution in [3.8, 4) is 0 Å². The second-order valence-electron chi connectivity index (χ2n) is 7.42. The number of para-hydroxylation sites is 1. The minimum absolute atomic E-state index is 0.0159. The lowest BCUT2D eigenvalue weighted by Crippen LogP contribution is -2.50. The van der Waals surface area contributed by atoms with Crippen molar-refractivity contribution < 1.29 is 9.59 Å². The topological polar surface area (TPSA) is 65.5 Å². The van der Waals surface area contributed by atoms with Gasteiger partial charge in [0, 0.05) is 37.4 Å². The number of hydrogen-bond donors (Lipinski definition) is 1. The van der Waals surface area contributed by atoms with E-state index in [1.807, 2.05) is 55.1 Å². The number of aryl methyl sites for hydroxylation is 2. The van der Waals surface area contributed by atoms with Crippen molar-refractivity contribution in [2.45, 2.75) is 13.8 Å². The van der Waals surface area contributed by atoms with Gasteiger partial charge < -0.3 is 10.2 Å². The summed E-state index contributed by atoms with van der Waals surface area (Å²) in [7, 11) is 0. The normalized spacial score (nSPS) is 14.9. The zero-order valence-electron chi connectivity index (χ0n) is 16.6. The van der Waals surface area contributed by atoms with Gasteiger partial charge in [-0.3, -0.25) is 14.5 Å². The molecule has 150 valence electrons. The van der Waals surface area contributed by atoms with Crippen LogP contribution in [-0.2, 0) is 4.79 Å². The molecule has 6 nitrogen and oxygen atoms in total. The number of aromatic nitrogens is 1. The lowest BCUT2D eigenvalue weighted by atomic mass is 10.1. The molecule has 4 rings (SSSR count). The van der Waals surface area contributed by atoms with Gasteiger partial charge in [-0.05, 0) is 43.2 Å². The van der Waals surface area contributed by atoms with Crippen molar-refractivity contribution in [1.29, 1.82) is 0 Å². The van der Waals surface area contributed by atoms with Gasteiger partial charge in [0.05, 0.1) is 22.3 Å². The minimum atomic E-state index is -0.0159. The van der Waals surface area contributed by atoms with Crippen LogP contribution in [0.3, 0.4) is 0 Å². The second-order valence-corrected chi connectivity index (χ2v) is 8.30. The van der Waals surface area contributed by atoms with Crippen LogP contribution in [0.15, 0.2) is 41.9 Å². The summed E-state index contributed by atoms with van der Waals surface area (Å²) >= 11 is 1.54. The van der Waals surface area contributed by atoms with Crippen LogP contribution in [0, 0.1) is 13.8 Å². The number of hydrogen-bond acceptors (Lipinski definition) is 5. The highest BCUT2D eigenvalue weighted by molar-refractivity contribution is 7.16. The third kappa shape index (κ3) is 4.31. The number of thiazole rings is 1. The maximum absolute atomic E-state index is 12.8. The van der Waals surface area contributed by atoms with E-state index >= 15 is 0 Å². The fourth-order valence-corrected chi connectivity index (χ4v) is 4.39. The number of nitrogens with one attached hydrogen (secondary N) is 1. The van der Waals surface area contributed by atoms with Crippen molar-refractivity contribution >= 4 is 39.1 Å². The number of piperazine rings is 1. The van der Waals surface area contributed by atoms with Crippen LogP contribution in [0.1, 0.15) is 21.5 Å². The molecule has 7 heteroatoms. The Labute approximate surface area is 174 Å². The molecule has 0 unspecified atom stereocenters. The van der Waals surface area contributed by atoms with E-state index in [0.717, 1.165) is 27.0 Å². The number of fused-ring (bicyclic) bond motifs is 1. The summed E-state index contributed by atoms with van der Waals surface area (Å²) in [5, 5.41) is 3.03. The third-order valence-corrected chi connectivity index (χ3v) is 6.14. The van der Waals surface area contributed by atoms with Gasteiger partial charge in [0.1, 0.15) is 0 Å². The van der Waals surface area contributed by atoms with Gasteiger partial charge in [-0.2, -0.15) is 0 Å². The summed E-state index contributed by atoms with van der Waals surface area (Å²) in [6.45, 7) is 6.95. The average Bonchev–Trinajstić information content (AvgIpc) is 3.19. The summed E-state index contributed by atoms with van der Waals surface area (Å²) in [4.78, 5) is 33.5. The number of carbonyl (C=O) groups is 2. The monoisotopic (exact) mass is 408 g/mol. The summed E-state index contributed by atoms with van der Waals surface area (Å²) in [5.74, 6) is 0.0257. The maximum Gasteiger partial charge on any atom is 0.253 e. The van der Waals surface area contributed by atoms with Crippen LogP contribution < -0.4 is 5.32 Å². The molecule has 1 aromatic heterocycles. The van der Waals surface area contributed by atoms with Crippen LogP contribution in [0.2, 0.25) is 0 Å². The van der Waals surface area contributed by atoms with E-state index in [4.69, 9.17) is 0 Å². The molecule has 2 amide bonds. The summed E-state index contributed by atoms with van der Waals surface area (Å²) in [5.41, 5.74) is 6.43. The first kappa shape index (κ1) is 19.5. The molecule has 2 heterocycles. The molecule has 2 aromatic carbocycles. The van der Waals surface area contributed by atoms with Gasteiger partial charge >= 0.3 is 0 Å². The van der Waals surface area contributed by atoms with Crippen molar-refractivity contribution in [3.05, 3.63) is 58.6 Å². The smallest absolute Gasteiger partial charge is 0.253 e. The average molecular weight is 409 g/mol.